The largest absolute Gasteiger partial charge is 0.463 e. The van der Waals surface area contributed by atoms with Gasteiger partial charge in [0.25, 0.3) is 5.78 Å². The highest BCUT2D eigenvalue weighted by Gasteiger charge is 2.44. The van der Waals surface area contributed by atoms with Crippen LogP contribution in [0.2, 0.25) is 0 Å². The van der Waals surface area contributed by atoms with E-state index >= 15 is 0 Å². The number of benzene rings is 1. The lowest BCUT2D eigenvalue weighted by Crippen LogP contribution is -2.58. The molecule has 0 aromatic heterocycles. The summed E-state index contributed by atoms with van der Waals surface area (Å²) in [7, 11) is 1.13. The molecule has 0 radical (unpaired) electrons. The summed E-state index contributed by atoms with van der Waals surface area (Å²) >= 11 is 0. The molecule has 1 aliphatic heterocycles. The van der Waals surface area contributed by atoms with Crippen LogP contribution in [0.4, 0.5) is 4.79 Å². The van der Waals surface area contributed by atoms with Gasteiger partial charge in [-0.15, -0.1) is 0 Å². The fourth-order valence-electron chi connectivity index (χ4n) is 5.56. The molecule has 4 rings (SSSR count). The summed E-state index contributed by atoms with van der Waals surface area (Å²) in [6, 6.07) is 5.26. The third-order valence-electron chi connectivity index (χ3n) is 7.62. The zero-order chi connectivity index (χ0) is 31.0. The first-order valence-electron chi connectivity index (χ1n) is 15.2. The Hall–Kier alpha value is -3.43. The van der Waals surface area contributed by atoms with Crippen LogP contribution in [0.5, 0.6) is 0 Å². The summed E-state index contributed by atoms with van der Waals surface area (Å²) in [5.41, 5.74) is 1.52. The number of amides is 3. The molecule has 1 unspecified atom stereocenters. The molecule has 1 saturated carbocycles. The van der Waals surface area contributed by atoms with Gasteiger partial charge in [-0.2, -0.15) is 0 Å². The lowest BCUT2D eigenvalue weighted by atomic mass is 9.95. The molecule has 10 heteroatoms. The van der Waals surface area contributed by atoms with Crippen molar-refractivity contribution < 1.29 is 33.4 Å². The minimum Gasteiger partial charge on any atom is -0.463 e. The number of esters is 1. The van der Waals surface area contributed by atoms with E-state index in [0.29, 0.717) is 38.6 Å². The Bertz CT molecular complexity index is 1120. The second kappa shape index (κ2) is 14.6. The average Bonchev–Trinajstić information content (AvgIpc) is 3.43. The van der Waals surface area contributed by atoms with Crippen LogP contribution in [0.15, 0.2) is 24.3 Å². The summed E-state index contributed by atoms with van der Waals surface area (Å²) in [5, 5.41) is 5.53. The Labute approximate surface area is 249 Å². The van der Waals surface area contributed by atoms with Crippen molar-refractivity contribution >= 4 is 29.7 Å². The van der Waals surface area contributed by atoms with E-state index in [1.54, 1.807) is 20.8 Å². The SMILES string of the molecule is CCC.COC(=O)C(=O)C(CC1CC1)NC(=O)[C@@H]1CCCN1C(=O)[C@@H](NC(=O)OC(C)(C)C)C1Cc2ccccc2C1. The van der Waals surface area contributed by atoms with Gasteiger partial charge >= 0.3 is 12.1 Å². The minimum absolute atomic E-state index is 0.199. The van der Waals surface area contributed by atoms with Crippen molar-refractivity contribution in [3.8, 4) is 0 Å². The molecule has 2 N–H and O–H groups in total. The number of alkyl carbamates (subject to hydrolysis) is 1. The van der Waals surface area contributed by atoms with E-state index in [0.717, 1.165) is 31.1 Å². The molecular formula is C32H47N3O7. The van der Waals surface area contributed by atoms with E-state index < -0.39 is 47.5 Å². The van der Waals surface area contributed by atoms with E-state index in [-0.39, 0.29) is 17.7 Å². The van der Waals surface area contributed by atoms with E-state index in [1.807, 2.05) is 24.3 Å². The lowest BCUT2D eigenvalue weighted by Gasteiger charge is -2.32. The van der Waals surface area contributed by atoms with Crippen LogP contribution in [-0.4, -0.2) is 71.9 Å². The van der Waals surface area contributed by atoms with Gasteiger partial charge in [0.1, 0.15) is 17.7 Å². The Kier molecular flexibility index (Phi) is 11.5. The molecule has 3 aliphatic rings. The number of rotatable bonds is 9. The van der Waals surface area contributed by atoms with Gasteiger partial charge in [0.2, 0.25) is 11.8 Å². The predicted octanol–water partition coefficient (Wildman–Crippen LogP) is 3.73. The molecule has 0 bridgehead atoms. The smallest absolute Gasteiger partial charge is 0.408 e. The molecule has 1 heterocycles. The second-order valence-corrected chi connectivity index (χ2v) is 12.6. The number of ketones is 1. The molecule has 2 fully saturated rings. The van der Waals surface area contributed by atoms with Crippen molar-refractivity contribution in [3.63, 3.8) is 0 Å². The van der Waals surface area contributed by atoms with Gasteiger partial charge in [-0.1, -0.05) is 57.4 Å². The Morgan fingerprint density at radius 1 is 0.976 bits per heavy atom. The highest BCUT2D eigenvalue weighted by atomic mass is 16.6. The van der Waals surface area contributed by atoms with E-state index in [9.17, 15) is 24.0 Å². The van der Waals surface area contributed by atoms with Gasteiger partial charge in [-0.05, 0) is 75.8 Å². The van der Waals surface area contributed by atoms with Gasteiger partial charge in [-0.25, -0.2) is 9.59 Å². The number of nitrogens with one attached hydrogen (secondary N) is 2. The maximum absolute atomic E-state index is 14.0. The Balaban J connectivity index is 0.00000155. The predicted molar refractivity (Wildman–Crippen MR) is 157 cm³/mol. The molecule has 3 amide bonds. The van der Waals surface area contributed by atoms with Crippen LogP contribution in [0, 0.1) is 11.8 Å². The fourth-order valence-corrected chi connectivity index (χ4v) is 5.56. The minimum atomic E-state index is -0.997. The highest BCUT2D eigenvalue weighted by molar-refractivity contribution is 6.36. The number of Topliss-reactive ketones (excluding diaryl/α,β-unsaturated/α-hetero) is 1. The number of carbonyl (C=O) groups is 5. The second-order valence-electron chi connectivity index (χ2n) is 12.6. The van der Waals surface area contributed by atoms with Gasteiger partial charge < -0.3 is 25.0 Å². The third kappa shape index (κ3) is 9.03. The summed E-state index contributed by atoms with van der Waals surface area (Å²) in [5.74, 6) is -2.54. The molecule has 1 aromatic rings. The van der Waals surface area contributed by atoms with Crippen molar-refractivity contribution in [1.29, 1.82) is 0 Å². The third-order valence-corrected chi connectivity index (χ3v) is 7.62. The van der Waals surface area contributed by atoms with Gasteiger partial charge in [0, 0.05) is 6.54 Å². The van der Waals surface area contributed by atoms with Crippen molar-refractivity contribution in [2.24, 2.45) is 11.8 Å². The quantitative estimate of drug-likeness (QED) is 0.334. The zero-order valence-electron chi connectivity index (χ0n) is 25.9. The van der Waals surface area contributed by atoms with E-state index in [4.69, 9.17) is 4.74 Å². The number of carbonyl (C=O) groups excluding carboxylic acids is 5. The molecule has 232 valence electrons. The first-order chi connectivity index (χ1) is 19.9. The molecule has 3 atom stereocenters. The molecule has 10 nitrogen and oxygen atoms in total. The van der Waals surface area contributed by atoms with Crippen LogP contribution in [0.1, 0.15) is 84.3 Å². The molecular weight excluding hydrogens is 538 g/mol. The summed E-state index contributed by atoms with van der Waals surface area (Å²) in [4.78, 5) is 66.2. The maximum atomic E-state index is 14.0. The van der Waals surface area contributed by atoms with Gasteiger partial charge in [0.15, 0.2) is 0 Å². The number of ether oxygens (including phenoxy) is 2. The van der Waals surface area contributed by atoms with E-state index in [2.05, 4.69) is 29.2 Å². The van der Waals surface area contributed by atoms with Crippen molar-refractivity contribution in [2.45, 2.75) is 110 Å². The van der Waals surface area contributed by atoms with Crippen LogP contribution in [-0.2, 0) is 41.5 Å². The standard InChI is InChI=1S/C29H39N3O7.C3H8/c1-29(2,3)39-28(37)31-23(20-15-18-8-5-6-9-19(18)16-20)26(35)32-13-7-10-22(32)25(34)30-21(14-17-11-12-17)24(33)27(36)38-4;1-3-2/h5-6,8-9,17,20-23H,7,10-16H2,1-4H3,(H,30,34)(H,31,37);3H2,1-2H3/t21?,22-,23-;/m0./s1. The molecule has 1 aromatic carbocycles. The first kappa shape index (κ1) is 33.1. The summed E-state index contributed by atoms with van der Waals surface area (Å²) < 4.78 is 10.1. The topological polar surface area (TPSA) is 131 Å². The Morgan fingerprint density at radius 2 is 1.57 bits per heavy atom. The number of likely N-dealkylation sites (tertiary alicyclic amines) is 1. The number of fused-ring (bicyclic) bond motifs is 1. The van der Waals surface area contributed by atoms with Crippen LogP contribution in [0.3, 0.4) is 0 Å². The van der Waals surface area contributed by atoms with Crippen molar-refractivity contribution in [3.05, 3.63) is 35.4 Å². The molecule has 1 saturated heterocycles. The van der Waals surface area contributed by atoms with Crippen molar-refractivity contribution in [1.82, 2.24) is 15.5 Å². The molecule has 42 heavy (non-hydrogen) atoms. The lowest BCUT2D eigenvalue weighted by molar-refractivity contribution is -0.153. The van der Waals surface area contributed by atoms with Crippen LogP contribution < -0.4 is 10.6 Å². The number of hydrogen-bond acceptors (Lipinski definition) is 7. The van der Waals surface area contributed by atoms with Crippen LogP contribution >= 0.6 is 0 Å². The highest BCUT2D eigenvalue weighted by Crippen LogP contribution is 2.34. The maximum Gasteiger partial charge on any atom is 0.408 e. The molecule has 0 spiro atoms. The first-order valence-corrected chi connectivity index (χ1v) is 15.2. The summed E-state index contributed by atoms with van der Waals surface area (Å²) in [6.45, 7) is 9.86. The van der Waals surface area contributed by atoms with E-state index in [1.165, 1.54) is 11.3 Å². The Morgan fingerprint density at radius 3 is 2.10 bits per heavy atom. The summed E-state index contributed by atoms with van der Waals surface area (Å²) in [6.07, 6.45) is 5.06. The number of nitrogens with zero attached hydrogens (tertiary/aromatic N) is 1. The number of hydrogen-bond donors (Lipinski definition) is 2. The van der Waals surface area contributed by atoms with Crippen molar-refractivity contribution in [2.75, 3.05) is 13.7 Å². The normalized spacial score (nSPS) is 19.5. The van der Waals surface area contributed by atoms with Gasteiger partial charge in [0.05, 0.1) is 13.2 Å². The number of methoxy groups -OCH3 is 1. The monoisotopic (exact) mass is 585 g/mol. The van der Waals surface area contributed by atoms with Gasteiger partial charge in [-0.3, -0.25) is 14.4 Å². The average molecular weight is 586 g/mol. The zero-order valence-corrected chi connectivity index (χ0v) is 25.9. The molecule has 2 aliphatic carbocycles. The fraction of sp³-hybridized carbons (Fsp3) is 0.656. The van der Waals surface area contributed by atoms with Crippen LogP contribution in [0.25, 0.3) is 0 Å².